The van der Waals surface area contributed by atoms with Gasteiger partial charge in [-0.2, -0.15) is 0 Å². The summed E-state index contributed by atoms with van der Waals surface area (Å²) in [5, 5.41) is 5.25. The molecule has 0 spiro atoms. The first-order valence-corrected chi connectivity index (χ1v) is 17.0. The van der Waals surface area contributed by atoms with Crippen molar-refractivity contribution in [2.24, 2.45) is 0 Å². The molecule has 2 fully saturated rings. The largest absolute Gasteiger partial charge is 1.00 e. The Labute approximate surface area is 308 Å². The molecule has 0 aliphatic carbocycles. The van der Waals surface area contributed by atoms with E-state index in [2.05, 4.69) is 148 Å². The fraction of sp³-hybridized carbons (Fsp3) is 0.200. The van der Waals surface area contributed by atoms with Crippen molar-refractivity contribution >= 4 is 36.6 Å². The average Bonchev–Trinajstić information content (AvgIpc) is 4.02. The summed E-state index contributed by atoms with van der Waals surface area (Å²) in [4.78, 5) is 12.1. The molecule has 10 rings (SSSR count). The first-order valence-electron chi connectivity index (χ1n) is 17.0. The molecule has 6 aromatic rings. The van der Waals surface area contributed by atoms with Crippen LogP contribution in [0.15, 0.2) is 127 Å². The molecule has 0 radical (unpaired) electrons. The van der Waals surface area contributed by atoms with Crippen LogP contribution in [0.3, 0.4) is 0 Å². The van der Waals surface area contributed by atoms with Crippen molar-refractivity contribution in [2.75, 3.05) is 14.1 Å². The maximum Gasteiger partial charge on any atom is 0.762 e. The Kier molecular flexibility index (Phi) is 11.9. The number of fused-ring (bicyclic) bond motifs is 12. The van der Waals surface area contributed by atoms with Crippen LogP contribution in [-0.2, 0) is 16.2 Å². The summed E-state index contributed by atoms with van der Waals surface area (Å²) in [7, 11) is -2.95. The van der Waals surface area contributed by atoms with Gasteiger partial charge in [0.1, 0.15) is 26.7 Å². The molecule has 0 saturated carbocycles. The highest BCUT2D eigenvalue weighted by Gasteiger charge is 2.66. The molecule has 4 aliphatic rings. The van der Waals surface area contributed by atoms with Crippen LogP contribution in [0.1, 0.15) is 53.1 Å². The Hall–Kier alpha value is -4.75. The molecule has 4 heterocycles. The third kappa shape index (κ3) is 7.61. The lowest BCUT2D eigenvalue weighted by molar-refractivity contribution is -0.929. The maximum atomic E-state index is 9.67. The number of hydrogen-bond acceptors (Lipinski definition) is 2. The number of hydrogen-bond donors (Lipinski definition) is 0. The van der Waals surface area contributed by atoms with Gasteiger partial charge in [-0.1, -0.05) is 115 Å². The molecular weight excluding hydrogens is 714 g/mol. The van der Waals surface area contributed by atoms with Crippen molar-refractivity contribution in [3.05, 3.63) is 155 Å². The molecular formula is C40H36B2F8N2O2. The van der Waals surface area contributed by atoms with Crippen LogP contribution in [0.2, 0.25) is 0 Å². The van der Waals surface area contributed by atoms with E-state index in [0.29, 0.717) is 16.6 Å². The summed E-state index contributed by atoms with van der Waals surface area (Å²) in [6.45, 7) is 3.21. The van der Waals surface area contributed by atoms with E-state index in [1.54, 1.807) is 0 Å². The van der Waals surface area contributed by atoms with Crippen LogP contribution in [0.25, 0.3) is 32.7 Å². The molecule has 4 unspecified atom stereocenters. The van der Waals surface area contributed by atoms with Gasteiger partial charge < -0.3 is 9.41 Å². The summed E-state index contributed by atoms with van der Waals surface area (Å²) < 4.78 is 59.4. The minimum absolute atomic E-state index is 0. The van der Waals surface area contributed by atoms with Crippen LogP contribution in [0.5, 0.6) is 0 Å². The van der Waals surface area contributed by atoms with Crippen LogP contribution in [-0.4, -0.2) is 44.5 Å². The van der Waals surface area contributed by atoms with Gasteiger partial charge in [0.2, 0.25) is 0 Å². The van der Waals surface area contributed by atoms with Gasteiger partial charge in [0.25, 0.3) is 6.23 Å². The van der Waals surface area contributed by atoms with Gasteiger partial charge in [-0.3, -0.25) is 25.9 Å². The first-order chi connectivity index (χ1) is 24.9. The predicted octanol–water partition coefficient (Wildman–Crippen LogP) is 4.94. The number of benzene rings is 6. The van der Waals surface area contributed by atoms with E-state index in [1.165, 1.54) is 60.5 Å². The Balaban J connectivity index is 0.000000172. The molecule has 4 nitrogen and oxygen atoms in total. The Morgan fingerprint density at radius 3 is 1.65 bits per heavy atom. The Bertz CT molecular complexity index is 2220. The Morgan fingerprint density at radius 2 is 1.04 bits per heavy atom. The molecule has 54 heavy (non-hydrogen) atoms. The van der Waals surface area contributed by atoms with E-state index in [-0.39, 0.29) is 21.9 Å². The summed E-state index contributed by atoms with van der Waals surface area (Å²) in [6, 6.07) is 46.4. The number of likely N-dealkylation sites (N-methyl/N-ethyl adjacent to an activating group) is 1. The average molecular weight is 750 g/mol. The van der Waals surface area contributed by atoms with E-state index >= 15 is 0 Å². The van der Waals surface area contributed by atoms with E-state index < -0.39 is 15.1 Å². The topological polar surface area (TPSA) is 25.1 Å². The SMILES string of the molecule is C[C@@H]1[C@@H](c2ccccc2)c2ccccc2C2O[N+]21C.C[N+]12Cc3ccc4ccccc4c3-c3c(ccc4ccccc34)C1O2.FB(F)F.FB(F)F.[F-].[F-]. The highest BCUT2D eigenvalue weighted by molar-refractivity contribution is 6.33. The van der Waals surface area contributed by atoms with E-state index in [4.69, 9.17) is 9.68 Å². The van der Waals surface area contributed by atoms with Crippen molar-refractivity contribution in [1.82, 2.24) is 0 Å². The zero-order valence-electron chi connectivity index (χ0n) is 29.5. The van der Waals surface area contributed by atoms with E-state index in [1.807, 2.05) is 0 Å². The van der Waals surface area contributed by atoms with Gasteiger partial charge in [0.15, 0.2) is 0 Å². The molecule has 0 bridgehead atoms. The normalized spacial score (nSPS) is 24.4. The standard InChI is InChI=1S/C23H18NO.C17H18NO.2BF3.2FH/c1-24-14-17-11-10-15-6-2-4-8-18(15)21(17)22-19-9-5-3-7-16(19)12-13-20(22)23(24)25-24;1-12-16(13-8-4-3-5-9-13)14-10-6-7-11-15(14)17-18(12,2)19-17;2*2-1(3)4;;/h2-13,23H,14H2,1H3;3-12,16-17H,1-2H3;;;2*1H/q2*+1;;;;/p-2/t;12-,16+,17?,18?;;;;/m.1..../s1. The van der Waals surface area contributed by atoms with Crippen molar-refractivity contribution in [3.8, 4) is 11.1 Å². The fourth-order valence-corrected chi connectivity index (χ4v) is 8.05. The smallest absolute Gasteiger partial charge is 0.762 e. The van der Waals surface area contributed by atoms with E-state index in [9.17, 15) is 25.9 Å². The summed E-state index contributed by atoms with van der Waals surface area (Å²) >= 11 is 0. The van der Waals surface area contributed by atoms with Crippen molar-refractivity contribution in [2.45, 2.75) is 37.9 Å². The Morgan fingerprint density at radius 1 is 0.537 bits per heavy atom. The van der Waals surface area contributed by atoms with Gasteiger partial charge in [-0.25, -0.2) is 0 Å². The molecule has 2 saturated heterocycles. The second kappa shape index (κ2) is 15.9. The van der Waals surface area contributed by atoms with E-state index in [0.717, 1.165) is 11.2 Å². The van der Waals surface area contributed by atoms with Crippen LogP contribution >= 0.6 is 0 Å². The minimum atomic E-state index is -3.67. The lowest BCUT2D eigenvalue weighted by atomic mass is 9.80. The summed E-state index contributed by atoms with van der Waals surface area (Å²) in [5.74, 6) is 0.418. The molecule has 4 aliphatic heterocycles. The lowest BCUT2D eigenvalue weighted by Crippen LogP contribution is -3.00. The predicted molar refractivity (Wildman–Crippen MR) is 193 cm³/mol. The molecule has 6 atom stereocenters. The molecule has 0 aromatic heterocycles. The maximum absolute atomic E-state index is 9.67. The number of halogens is 8. The number of quaternary nitrogens is 2. The fourth-order valence-electron chi connectivity index (χ4n) is 8.05. The highest BCUT2D eigenvalue weighted by Crippen LogP contribution is 2.58. The number of hydroxylamine groups is 6. The van der Waals surface area contributed by atoms with Gasteiger partial charge in [-0.05, 0) is 57.3 Å². The minimum Gasteiger partial charge on any atom is -1.00 e. The molecule has 280 valence electrons. The van der Waals surface area contributed by atoms with Crippen LogP contribution < -0.4 is 9.41 Å². The monoisotopic (exact) mass is 750 g/mol. The summed E-state index contributed by atoms with van der Waals surface area (Å²) in [5.41, 5.74) is 9.61. The zero-order chi connectivity index (χ0) is 36.8. The third-order valence-electron chi connectivity index (χ3n) is 10.6. The molecule has 14 heteroatoms. The van der Waals surface area contributed by atoms with Crippen molar-refractivity contribution in [1.29, 1.82) is 0 Å². The lowest BCUT2D eigenvalue weighted by Gasteiger charge is -2.31. The molecule has 6 aromatic carbocycles. The third-order valence-corrected chi connectivity index (χ3v) is 10.6. The second-order valence-electron chi connectivity index (χ2n) is 13.6. The summed E-state index contributed by atoms with van der Waals surface area (Å²) in [6.07, 6.45) is 0.386. The van der Waals surface area contributed by atoms with Gasteiger partial charge >= 0.3 is 21.3 Å². The highest BCUT2D eigenvalue weighted by atomic mass is 19.4. The van der Waals surface area contributed by atoms with Gasteiger partial charge in [-0.15, -0.1) is 19.0 Å². The van der Waals surface area contributed by atoms with Crippen molar-refractivity contribution in [3.63, 3.8) is 0 Å². The molecule has 0 amide bonds. The second-order valence-corrected chi connectivity index (χ2v) is 13.6. The van der Waals surface area contributed by atoms with Crippen molar-refractivity contribution < 1.29 is 54.3 Å². The number of nitrogens with zero attached hydrogens (tertiary/aromatic N) is 2. The molecule has 0 N–H and O–H groups in total. The van der Waals surface area contributed by atoms with Gasteiger partial charge in [0.05, 0.1) is 17.0 Å². The van der Waals surface area contributed by atoms with Crippen LogP contribution in [0, 0.1) is 0 Å². The quantitative estimate of drug-likeness (QED) is 0.103. The van der Waals surface area contributed by atoms with Gasteiger partial charge in [0, 0.05) is 11.1 Å². The van der Waals surface area contributed by atoms with Crippen LogP contribution in [0.4, 0.5) is 25.9 Å². The zero-order valence-corrected chi connectivity index (χ0v) is 29.5. The number of rotatable bonds is 1. The first kappa shape index (κ1) is 40.4.